The topological polar surface area (TPSA) is 81.1 Å². The van der Waals surface area contributed by atoms with Crippen molar-refractivity contribution < 1.29 is 13.9 Å². The first-order valence-corrected chi connectivity index (χ1v) is 11.3. The van der Waals surface area contributed by atoms with E-state index >= 15 is 0 Å². The van der Waals surface area contributed by atoms with Crippen molar-refractivity contribution in [2.24, 2.45) is 0 Å². The number of halogens is 1. The lowest BCUT2D eigenvalue weighted by atomic mass is 9.93. The van der Waals surface area contributed by atoms with E-state index in [0.717, 1.165) is 22.4 Å². The number of rotatable bonds is 6. The van der Waals surface area contributed by atoms with Gasteiger partial charge in [-0.1, -0.05) is 54.6 Å². The molecule has 0 bridgehead atoms. The van der Waals surface area contributed by atoms with Gasteiger partial charge in [-0.05, 0) is 53.5 Å². The summed E-state index contributed by atoms with van der Waals surface area (Å²) in [6.07, 6.45) is 3.83. The van der Waals surface area contributed by atoms with Crippen LogP contribution in [0.15, 0.2) is 84.9 Å². The highest BCUT2D eigenvalue weighted by Gasteiger charge is 2.31. The summed E-state index contributed by atoms with van der Waals surface area (Å²) in [7, 11) is 1.60. The molecule has 2 N–H and O–H groups in total. The largest absolute Gasteiger partial charge is 0.497 e. The van der Waals surface area contributed by atoms with Crippen LogP contribution in [0.3, 0.4) is 0 Å². The summed E-state index contributed by atoms with van der Waals surface area (Å²) in [6, 6.07) is 23.6. The quantitative estimate of drug-likeness (QED) is 0.378. The maximum atomic E-state index is 13.6. The van der Waals surface area contributed by atoms with Crippen LogP contribution < -0.4 is 15.4 Å². The number of hydrogen-bond acceptors (Lipinski definition) is 5. The minimum atomic E-state index is -0.346. The number of carbonyl (C=O) groups excluding carboxylic acids is 1. The van der Waals surface area contributed by atoms with Crippen LogP contribution in [0, 0.1) is 5.82 Å². The van der Waals surface area contributed by atoms with E-state index in [9.17, 15) is 9.18 Å². The number of fused-ring (bicyclic) bond motifs is 1. The molecule has 3 aromatic carbocycles. The summed E-state index contributed by atoms with van der Waals surface area (Å²) in [6.45, 7) is 0. The molecule has 5 rings (SSSR count). The molecule has 8 heteroatoms. The van der Waals surface area contributed by atoms with Crippen LogP contribution in [0.1, 0.15) is 35.2 Å². The van der Waals surface area contributed by atoms with E-state index in [1.54, 1.807) is 30.0 Å². The number of ether oxygens (including phenoxy) is 1. The van der Waals surface area contributed by atoms with E-state index in [2.05, 4.69) is 32.8 Å². The van der Waals surface area contributed by atoms with Crippen molar-refractivity contribution >= 4 is 23.9 Å². The monoisotopic (exact) mass is 469 g/mol. The second-order valence-electron chi connectivity index (χ2n) is 8.21. The van der Waals surface area contributed by atoms with Gasteiger partial charge >= 0.3 is 0 Å². The minimum absolute atomic E-state index is 0.0125. The molecule has 0 spiro atoms. The Morgan fingerprint density at radius 3 is 2.51 bits per heavy atom. The van der Waals surface area contributed by atoms with E-state index in [-0.39, 0.29) is 29.8 Å². The van der Waals surface area contributed by atoms with Gasteiger partial charge in [-0.25, -0.2) is 9.07 Å². The second-order valence-corrected chi connectivity index (χ2v) is 8.21. The molecule has 0 saturated heterocycles. The molecule has 1 amide bonds. The third-order valence-electron chi connectivity index (χ3n) is 5.92. The zero-order valence-electron chi connectivity index (χ0n) is 19.1. The maximum Gasteiger partial charge on any atom is 0.250 e. The van der Waals surface area contributed by atoms with Crippen molar-refractivity contribution in [3.05, 3.63) is 107 Å². The van der Waals surface area contributed by atoms with E-state index in [4.69, 9.17) is 4.74 Å². The van der Waals surface area contributed by atoms with Crippen molar-refractivity contribution in [2.75, 3.05) is 17.7 Å². The average Bonchev–Trinajstić information content (AvgIpc) is 3.30. The highest BCUT2D eigenvalue weighted by Crippen LogP contribution is 2.38. The van der Waals surface area contributed by atoms with Crippen molar-refractivity contribution in [3.8, 4) is 5.75 Å². The van der Waals surface area contributed by atoms with Crippen molar-refractivity contribution in [1.82, 2.24) is 14.8 Å². The zero-order valence-corrected chi connectivity index (χ0v) is 19.1. The molecule has 0 radical (unpaired) electrons. The van der Waals surface area contributed by atoms with Crippen molar-refractivity contribution in [2.45, 2.75) is 18.5 Å². The number of nitrogens with one attached hydrogen (secondary N) is 2. The van der Waals surface area contributed by atoms with Gasteiger partial charge in [0.15, 0.2) is 0 Å². The molecule has 1 aromatic heterocycles. The lowest BCUT2D eigenvalue weighted by molar-refractivity contribution is -0.111. The van der Waals surface area contributed by atoms with Gasteiger partial charge in [-0.2, -0.15) is 4.98 Å². The lowest BCUT2D eigenvalue weighted by Gasteiger charge is -2.31. The first kappa shape index (κ1) is 22.3. The van der Waals surface area contributed by atoms with Gasteiger partial charge in [-0.3, -0.25) is 10.1 Å². The normalized spacial score (nSPS) is 17.0. The Hall–Kier alpha value is -4.46. The number of hydrogen-bond donors (Lipinski definition) is 2. The zero-order chi connectivity index (χ0) is 24.2. The Balaban J connectivity index is 1.38. The van der Waals surface area contributed by atoms with Gasteiger partial charge in [0.05, 0.1) is 19.2 Å². The van der Waals surface area contributed by atoms with Crippen LogP contribution in [0.4, 0.5) is 16.3 Å². The molecule has 176 valence electrons. The molecular weight excluding hydrogens is 445 g/mol. The predicted molar refractivity (Wildman–Crippen MR) is 133 cm³/mol. The summed E-state index contributed by atoms with van der Waals surface area (Å²) in [5.41, 5.74) is 2.89. The summed E-state index contributed by atoms with van der Waals surface area (Å²) in [5.74, 6) is 0.836. The minimum Gasteiger partial charge on any atom is -0.497 e. The number of benzene rings is 3. The van der Waals surface area contributed by atoms with Gasteiger partial charge in [-0.15, -0.1) is 5.10 Å². The Morgan fingerprint density at radius 1 is 1.06 bits per heavy atom. The molecule has 0 aliphatic carbocycles. The standard InChI is InChI=1S/C27H24FN5O2/c1-35-22-14-7-18(8-15-22)9-16-25(34)30-26-31-27-29-23(19-5-3-2-4-6-19)17-24(33(27)32-26)20-10-12-21(28)13-11-20/h2-16,23-24H,17H2,1H3,(H2,29,30,31,32,34). The van der Waals surface area contributed by atoms with Gasteiger partial charge in [0.25, 0.3) is 11.9 Å². The number of aromatic nitrogens is 3. The Labute approximate surface area is 202 Å². The molecular formula is C27H24FN5O2. The van der Waals surface area contributed by atoms with E-state index in [1.807, 2.05) is 42.5 Å². The molecule has 1 aliphatic heterocycles. The highest BCUT2D eigenvalue weighted by atomic mass is 19.1. The highest BCUT2D eigenvalue weighted by molar-refractivity contribution is 6.00. The molecule has 0 fully saturated rings. The third-order valence-corrected chi connectivity index (χ3v) is 5.92. The Bertz CT molecular complexity index is 1330. The summed E-state index contributed by atoms with van der Waals surface area (Å²) in [5, 5.41) is 10.7. The van der Waals surface area contributed by atoms with Gasteiger partial charge in [0, 0.05) is 6.08 Å². The second kappa shape index (κ2) is 9.80. The summed E-state index contributed by atoms with van der Waals surface area (Å²) in [4.78, 5) is 17.0. The molecule has 2 heterocycles. The lowest BCUT2D eigenvalue weighted by Crippen LogP contribution is -2.28. The van der Waals surface area contributed by atoms with Crippen LogP contribution in [0.5, 0.6) is 5.75 Å². The third kappa shape index (κ3) is 5.06. The summed E-state index contributed by atoms with van der Waals surface area (Å²) >= 11 is 0. The Kier molecular flexibility index (Phi) is 6.26. The molecule has 7 nitrogen and oxygen atoms in total. The summed E-state index contributed by atoms with van der Waals surface area (Å²) < 4.78 is 20.5. The van der Waals surface area contributed by atoms with Crippen molar-refractivity contribution in [1.29, 1.82) is 0 Å². The van der Waals surface area contributed by atoms with Crippen molar-refractivity contribution in [3.63, 3.8) is 0 Å². The first-order valence-electron chi connectivity index (χ1n) is 11.3. The van der Waals surface area contributed by atoms with Crippen LogP contribution in [0.25, 0.3) is 6.08 Å². The smallest absolute Gasteiger partial charge is 0.250 e. The number of anilines is 2. The van der Waals surface area contributed by atoms with E-state index < -0.39 is 0 Å². The molecule has 1 aliphatic rings. The van der Waals surface area contributed by atoms with Gasteiger partial charge in [0.2, 0.25) is 5.95 Å². The number of nitrogens with zero attached hydrogens (tertiary/aromatic N) is 3. The molecule has 2 unspecified atom stereocenters. The predicted octanol–water partition coefficient (Wildman–Crippen LogP) is 5.22. The van der Waals surface area contributed by atoms with Crippen LogP contribution in [-0.4, -0.2) is 27.8 Å². The fourth-order valence-corrected chi connectivity index (χ4v) is 4.14. The first-order chi connectivity index (χ1) is 17.1. The van der Waals surface area contributed by atoms with E-state index in [1.165, 1.54) is 18.2 Å². The Morgan fingerprint density at radius 2 is 1.80 bits per heavy atom. The van der Waals surface area contributed by atoms with E-state index in [0.29, 0.717) is 12.4 Å². The van der Waals surface area contributed by atoms with Crippen LogP contribution >= 0.6 is 0 Å². The van der Waals surface area contributed by atoms with Crippen LogP contribution in [0.2, 0.25) is 0 Å². The molecule has 35 heavy (non-hydrogen) atoms. The molecule has 4 aromatic rings. The molecule has 0 saturated carbocycles. The molecule has 2 atom stereocenters. The van der Waals surface area contributed by atoms with Gasteiger partial charge < -0.3 is 10.1 Å². The number of methoxy groups -OCH3 is 1. The average molecular weight is 470 g/mol. The number of carbonyl (C=O) groups is 1. The fourth-order valence-electron chi connectivity index (χ4n) is 4.14. The van der Waals surface area contributed by atoms with Crippen LogP contribution in [-0.2, 0) is 4.79 Å². The maximum absolute atomic E-state index is 13.6. The van der Waals surface area contributed by atoms with Gasteiger partial charge in [0.1, 0.15) is 11.6 Å². The SMILES string of the molecule is COc1ccc(C=CC(=O)Nc2nc3n(n2)C(c2ccc(F)cc2)CC(c2ccccc2)N3)cc1. The number of amides is 1. The fraction of sp³-hybridized carbons (Fsp3) is 0.148.